The second kappa shape index (κ2) is 5.19. The first-order valence-electron chi connectivity index (χ1n) is 2.00. The van der Waals surface area contributed by atoms with Gasteiger partial charge >= 0.3 is 53.2 Å². The third kappa shape index (κ3) is 3.11. The second-order valence-corrected chi connectivity index (χ2v) is 1.46. The van der Waals surface area contributed by atoms with E-state index < -0.39 is 22.0 Å². The van der Waals surface area contributed by atoms with E-state index in [-0.39, 0.29) is 0 Å². The summed E-state index contributed by atoms with van der Waals surface area (Å²) in [7, 11) is 2.81. The molecule has 0 spiro atoms. The monoisotopic (exact) mass is 134 g/mol. The van der Waals surface area contributed by atoms with E-state index in [0.29, 0.717) is 0 Å². The summed E-state index contributed by atoms with van der Waals surface area (Å²) in [6, 6.07) is 0. The van der Waals surface area contributed by atoms with Gasteiger partial charge in [-0.1, -0.05) is 0 Å². The standard InChI is InChI=1S/C3H7O3.Al.O/c1-5-3(4)6-2;;/h3H,1-2H3;;/q-1;+1;. The SMILES string of the molecule is COC(OC)[O][Al]=[O]. The quantitative estimate of drug-likeness (QED) is 0.385. The van der Waals surface area contributed by atoms with Gasteiger partial charge in [0.05, 0.1) is 0 Å². The molecule has 0 heterocycles. The topological polar surface area (TPSA) is 44.8 Å². The van der Waals surface area contributed by atoms with Gasteiger partial charge < -0.3 is 0 Å². The van der Waals surface area contributed by atoms with Crippen LogP contribution in [0.15, 0.2) is 0 Å². The summed E-state index contributed by atoms with van der Waals surface area (Å²) in [6.07, 6.45) is 0. The van der Waals surface area contributed by atoms with Gasteiger partial charge in [0.1, 0.15) is 0 Å². The van der Waals surface area contributed by atoms with Crippen molar-refractivity contribution >= 4 is 15.5 Å². The molecule has 0 saturated heterocycles. The first-order chi connectivity index (χ1) is 3.85. The van der Waals surface area contributed by atoms with Crippen molar-refractivity contribution in [2.45, 2.75) is 6.48 Å². The molecule has 0 aromatic heterocycles. The Morgan fingerprint density at radius 3 is 2.00 bits per heavy atom. The Balaban J connectivity index is 3.20. The number of hydrogen-bond acceptors (Lipinski definition) is 4. The Hall–Kier alpha value is 0.0525. The van der Waals surface area contributed by atoms with Gasteiger partial charge in [0.15, 0.2) is 0 Å². The Morgan fingerprint density at radius 2 is 1.88 bits per heavy atom. The second-order valence-electron chi connectivity index (χ2n) is 0.992. The van der Waals surface area contributed by atoms with Crippen molar-refractivity contribution in [3.63, 3.8) is 0 Å². The van der Waals surface area contributed by atoms with Gasteiger partial charge in [-0.3, -0.25) is 0 Å². The summed E-state index contributed by atoms with van der Waals surface area (Å²) >= 11 is -1.25. The summed E-state index contributed by atoms with van der Waals surface area (Å²) in [5.74, 6) is 0. The zero-order valence-corrected chi connectivity index (χ0v) is 5.94. The minimum atomic E-state index is -1.25. The van der Waals surface area contributed by atoms with Crippen molar-refractivity contribution in [2.75, 3.05) is 14.2 Å². The van der Waals surface area contributed by atoms with Crippen molar-refractivity contribution in [3.05, 3.63) is 0 Å². The molecule has 5 heteroatoms. The predicted molar refractivity (Wildman–Crippen MR) is 25.3 cm³/mol. The third-order valence-electron chi connectivity index (χ3n) is 0.552. The van der Waals surface area contributed by atoms with Crippen LogP contribution < -0.4 is 0 Å². The maximum atomic E-state index is 9.76. The molecule has 0 unspecified atom stereocenters. The van der Waals surface area contributed by atoms with Crippen LogP contribution in [-0.4, -0.2) is 36.2 Å². The van der Waals surface area contributed by atoms with E-state index in [1.54, 1.807) is 0 Å². The van der Waals surface area contributed by atoms with Crippen molar-refractivity contribution < 1.29 is 17.1 Å². The number of ether oxygens (including phenoxy) is 2. The molecule has 0 saturated carbocycles. The van der Waals surface area contributed by atoms with Gasteiger partial charge in [-0.15, -0.1) is 0 Å². The van der Waals surface area contributed by atoms with E-state index >= 15 is 0 Å². The fourth-order valence-electron chi connectivity index (χ4n) is 0.253. The Bertz CT molecular complexity index is 62.3. The van der Waals surface area contributed by atoms with Gasteiger partial charge in [0.25, 0.3) is 0 Å². The molecule has 0 aromatic carbocycles. The van der Waals surface area contributed by atoms with Crippen LogP contribution >= 0.6 is 0 Å². The number of methoxy groups -OCH3 is 2. The third-order valence-corrected chi connectivity index (χ3v) is 0.885. The van der Waals surface area contributed by atoms with Gasteiger partial charge in [0.2, 0.25) is 0 Å². The molecule has 0 amide bonds. The Labute approximate surface area is 54.0 Å². The molecule has 0 aliphatic rings. The van der Waals surface area contributed by atoms with E-state index in [4.69, 9.17) is 0 Å². The molecule has 0 aromatic rings. The molecule has 0 aliphatic carbocycles. The first-order valence-corrected chi connectivity index (χ1v) is 2.94. The van der Waals surface area contributed by atoms with Gasteiger partial charge in [-0.05, 0) is 0 Å². The van der Waals surface area contributed by atoms with Crippen molar-refractivity contribution in [1.82, 2.24) is 0 Å². The Morgan fingerprint density at radius 1 is 1.38 bits per heavy atom. The normalized spacial score (nSPS) is 8.88. The van der Waals surface area contributed by atoms with Crippen molar-refractivity contribution in [1.29, 1.82) is 0 Å². The van der Waals surface area contributed by atoms with Crippen LogP contribution in [0, 0.1) is 0 Å². The zero-order valence-electron chi connectivity index (χ0n) is 4.79. The summed E-state index contributed by atoms with van der Waals surface area (Å²) in [6.45, 7) is -0.775. The van der Waals surface area contributed by atoms with Crippen LogP contribution in [-0.2, 0) is 17.1 Å². The van der Waals surface area contributed by atoms with E-state index in [0.717, 1.165) is 0 Å². The van der Waals surface area contributed by atoms with E-state index in [2.05, 4.69) is 13.3 Å². The van der Waals surface area contributed by atoms with Crippen LogP contribution in [0.5, 0.6) is 0 Å². The fourth-order valence-corrected chi connectivity index (χ4v) is 0.566. The van der Waals surface area contributed by atoms with Crippen molar-refractivity contribution in [2.24, 2.45) is 0 Å². The van der Waals surface area contributed by atoms with E-state index in [1.165, 1.54) is 14.2 Å². The van der Waals surface area contributed by atoms with Crippen LogP contribution in [0.3, 0.4) is 0 Å². The molecule has 0 fully saturated rings. The van der Waals surface area contributed by atoms with Crippen LogP contribution in [0.25, 0.3) is 0 Å². The predicted octanol–water partition coefficient (Wildman–Crippen LogP) is -0.456. The van der Waals surface area contributed by atoms with Crippen LogP contribution in [0.2, 0.25) is 0 Å². The summed E-state index contributed by atoms with van der Waals surface area (Å²) in [5.41, 5.74) is 0. The van der Waals surface area contributed by atoms with Crippen LogP contribution in [0.4, 0.5) is 0 Å². The molecule has 0 rings (SSSR count). The molecule has 0 aliphatic heterocycles. The number of hydrogen-bond donors (Lipinski definition) is 0. The van der Waals surface area contributed by atoms with Gasteiger partial charge in [-0.25, -0.2) is 0 Å². The average molecular weight is 134 g/mol. The molecule has 0 N–H and O–H groups in total. The summed E-state index contributed by atoms with van der Waals surface area (Å²) < 4.78 is 23.2. The molecule has 8 heavy (non-hydrogen) atoms. The zero-order chi connectivity index (χ0) is 6.41. The van der Waals surface area contributed by atoms with E-state index in [1.807, 2.05) is 0 Å². The first kappa shape index (κ1) is 8.05. The van der Waals surface area contributed by atoms with Gasteiger partial charge in [0, 0.05) is 0 Å². The summed E-state index contributed by atoms with van der Waals surface area (Å²) in [5, 5.41) is 0. The van der Waals surface area contributed by atoms with E-state index in [9.17, 15) is 3.80 Å². The molecular formula is C3H7AlO4. The maximum absolute atomic E-state index is 9.76. The molecule has 0 bridgehead atoms. The minimum absolute atomic E-state index is 0.775. The molecule has 4 nitrogen and oxygen atoms in total. The molecule has 0 atom stereocenters. The van der Waals surface area contributed by atoms with Crippen LogP contribution in [0.1, 0.15) is 0 Å². The molecular weight excluding hydrogens is 127 g/mol. The van der Waals surface area contributed by atoms with Crippen molar-refractivity contribution in [3.8, 4) is 0 Å². The Kier molecular flexibility index (Phi) is 5.23. The van der Waals surface area contributed by atoms with Gasteiger partial charge in [-0.2, -0.15) is 0 Å². The fraction of sp³-hybridized carbons (Fsp3) is 1.00. The summed E-state index contributed by atoms with van der Waals surface area (Å²) in [4.78, 5) is 0. The number of rotatable bonds is 4. The average Bonchev–Trinajstić information content (AvgIpc) is 1.83. The molecule has 0 radical (unpaired) electrons. The molecule has 46 valence electrons.